The van der Waals surface area contributed by atoms with E-state index < -0.39 is 0 Å². The van der Waals surface area contributed by atoms with Crippen molar-refractivity contribution >= 4 is 38.9 Å². The number of benzene rings is 3. The summed E-state index contributed by atoms with van der Waals surface area (Å²) in [6.07, 6.45) is 0. The minimum atomic E-state index is -0.269. The van der Waals surface area contributed by atoms with Crippen molar-refractivity contribution in [3.63, 3.8) is 0 Å². The monoisotopic (exact) mass is 334 g/mol. The summed E-state index contributed by atoms with van der Waals surface area (Å²) in [6, 6.07) is 26.1. The van der Waals surface area contributed by atoms with Crippen molar-refractivity contribution in [3.8, 4) is 0 Å². The standard InChI is InChI=1S/C16H12Te/c1-2-9-14(10-3-1)17-16-12-6-8-13-7-4-5-11-15(13)16/h1-12H. The Morgan fingerprint density at radius 2 is 1.29 bits per heavy atom. The molecule has 0 saturated heterocycles. The van der Waals surface area contributed by atoms with Crippen LogP contribution < -0.4 is 7.22 Å². The summed E-state index contributed by atoms with van der Waals surface area (Å²) in [7, 11) is 0. The van der Waals surface area contributed by atoms with Crippen molar-refractivity contribution in [2.24, 2.45) is 0 Å². The molecule has 3 rings (SSSR count). The van der Waals surface area contributed by atoms with Crippen molar-refractivity contribution in [1.29, 1.82) is 0 Å². The molecule has 0 radical (unpaired) electrons. The molecule has 0 heterocycles. The maximum absolute atomic E-state index is 2.28. The van der Waals surface area contributed by atoms with E-state index in [1.165, 1.54) is 18.0 Å². The zero-order chi connectivity index (χ0) is 11.5. The number of hydrogen-bond acceptors (Lipinski definition) is 0. The third-order valence-electron chi connectivity index (χ3n) is 2.72. The second-order valence-corrected chi connectivity index (χ2v) is 7.08. The molecule has 3 aromatic carbocycles. The van der Waals surface area contributed by atoms with E-state index in [9.17, 15) is 0 Å². The molecule has 1 heteroatoms. The van der Waals surface area contributed by atoms with Crippen LogP contribution >= 0.6 is 0 Å². The van der Waals surface area contributed by atoms with Crippen LogP contribution in [0.3, 0.4) is 0 Å². The van der Waals surface area contributed by atoms with Gasteiger partial charge >= 0.3 is 112 Å². The fraction of sp³-hybridized carbons (Fsp3) is 0. The normalized spacial score (nSPS) is 10.6. The summed E-state index contributed by atoms with van der Waals surface area (Å²) >= 11 is -0.269. The van der Waals surface area contributed by atoms with Gasteiger partial charge in [-0.05, 0) is 0 Å². The Morgan fingerprint density at radius 3 is 2.18 bits per heavy atom. The molecule has 0 aromatic heterocycles. The van der Waals surface area contributed by atoms with Gasteiger partial charge in [0.1, 0.15) is 0 Å². The SMILES string of the molecule is c1ccc([Te]c2cccc3ccccc23)cc1. The zero-order valence-corrected chi connectivity index (χ0v) is 11.7. The molecule has 0 amide bonds. The van der Waals surface area contributed by atoms with E-state index in [0.717, 1.165) is 0 Å². The number of hydrogen-bond donors (Lipinski definition) is 0. The fourth-order valence-electron chi connectivity index (χ4n) is 1.90. The molecule has 0 atom stereocenters. The van der Waals surface area contributed by atoms with Crippen LogP contribution in [0, 0.1) is 0 Å². The molecule has 17 heavy (non-hydrogen) atoms. The van der Waals surface area contributed by atoms with Gasteiger partial charge in [0.15, 0.2) is 0 Å². The van der Waals surface area contributed by atoms with Crippen LogP contribution in [0.15, 0.2) is 72.8 Å². The van der Waals surface area contributed by atoms with Crippen LogP contribution in [0.2, 0.25) is 0 Å². The molecule has 0 bridgehead atoms. The Hall–Kier alpha value is -1.29. The van der Waals surface area contributed by atoms with Crippen LogP contribution in [-0.2, 0) is 0 Å². The zero-order valence-electron chi connectivity index (χ0n) is 9.34. The summed E-state index contributed by atoms with van der Waals surface area (Å²) in [5.41, 5.74) is 0. The average molecular weight is 332 g/mol. The second-order valence-electron chi connectivity index (χ2n) is 3.89. The molecule has 0 nitrogen and oxygen atoms in total. The molecule has 0 unspecified atom stereocenters. The van der Waals surface area contributed by atoms with Gasteiger partial charge in [-0.25, -0.2) is 0 Å². The van der Waals surface area contributed by atoms with Crippen LogP contribution in [0.4, 0.5) is 0 Å². The van der Waals surface area contributed by atoms with E-state index in [1.54, 1.807) is 0 Å². The Labute approximate surface area is 111 Å². The first-order valence-electron chi connectivity index (χ1n) is 5.64. The molecule has 0 aliphatic carbocycles. The van der Waals surface area contributed by atoms with Gasteiger partial charge in [0.25, 0.3) is 0 Å². The van der Waals surface area contributed by atoms with Gasteiger partial charge in [-0.2, -0.15) is 0 Å². The first-order chi connectivity index (χ1) is 8.43. The van der Waals surface area contributed by atoms with Crippen LogP contribution in [0.25, 0.3) is 10.8 Å². The van der Waals surface area contributed by atoms with Crippen molar-refractivity contribution < 1.29 is 0 Å². The topological polar surface area (TPSA) is 0 Å². The molecule has 0 spiro atoms. The summed E-state index contributed by atoms with van der Waals surface area (Å²) in [6.45, 7) is 0. The van der Waals surface area contributed by atoms with Gasteiger partial charge in [0.05, 0.1) is 0 Å². The molecule has 82 valence electrons. The summed E-state index contributed by atoms with van der Waals surface area (Å²) in [5.74, 6) is 0. The van der Waals surface area contributed by atoms with Crippen molar-refractivity contribution in [2.45, 2.75) is 0 Å². The van der Waals surface area contributed by atoms with Crippen LogP contribution in [0.1, 0.15) is 0 Å². The Morgan fingerprint density at radius 1 is 0.588 bits per heavy atom. The Kier molecular flexibility index (Phi) is 3.14. The first-order valence-corrected chi connectivity index (χ1v) is 7.97. The van der Waals surface area contributed by atoms with E-state index >= 15 is 0 Å². The third-order valence-corrected chi connectivity index (χ3v) is 5.81. The molecule has 0 fully saturated rings. The molecule has 0 saturated carbocycles. The van der Waals surface area contributed by atoms with E-state index in [0.29, 0.717) is 0 Å². The van der Waals surface area contributed by atoms with E-state index in [2.05, 4.69) is 72.8 Å². The predicted molar refractivity (Wildman–Crippen MR) is 75.4 cm³/mol. The average Bonchev–Trinajstić information content (AvgIpc) is 2.40. The molecule has 0 aliphatic rings. The second kappa shape index (κ2) is 4.92. The van der Waals surface area contributed by atoms with Crippen molar-refractivity contribution in [2.75, 3.05) is 0 Å². The molecular weight excluding hydrogens is 320 g/mol. The number of fused-ring (bicyclic) bond motifs is 1. The fourth-order valence-corrected chi connectivity index (χ4v) is 4.72. The molecule has 0 N–H and O–H groups in total. The van der Waals surface area contributed by atoms with Crippen molar-refractivity contribution in [3.05, 3.63) is 72.8 Å². The summed E-state index contributed by atoms with van der Waals surface area (Å²) < 4.78 is 3.02. The first kappa shape index (κ1) is 10.8. The number of rotatable bonds is 2. The Balaban J connectivity index is 2.06. The summed E-state index contributed by atoms with van der Waals surface area (Å²) in [4.78, 5) is 0. The van der Waals surface area contributed by atoms with E-state index in [-0.39, 0.29) is 20.9 Å². The van der Waals surface area contributed by atoms with E-state index in [4.69, 9.17) is 0 Å². The third kappa shape index (κ3) is 2.36. The molecular formula is C16H12Te. The predicted octanol–water partition coefficient (Wildman–Crippen LogP) is 2.49. The van der Waals surface area contributed by atoms with Crippen molar-refractivity contribution in [1.82, 2.24) is 0 Å². The summed E-state index contributed by atoms with van der Waals surface area (Å²) in [5, 5.41) is 2.77. The minimum absolute atomic E-state index is 0.269. The van der Waals surface area contributed by atoms with Gasteiger partial charge in [0.2, 0.25) is 0 Å². The van der Waals surface area contributed by atoms with Gasteiger partial charge in [-0.1, -0.05) is 0 Å². The Bertz CT molecular complexity index is 624. The van der Waals surface area contributed by atoms with Crippen LogP contribution in [-0.4, -0.2) is 20.9 Å². The maximum atomic E-state index is 2.28. The molecule has 3 aromatic rings. The van der Waals surface area contributed by atoms with Gasteiger partial charge in [-0.3, -0.25) is 0 Å². The van der Waals surface area contributed by atoms with Gasteiger partial charge < -0.3 is 0 Å². The van der Waals surface area contributed by atoms with Crippen LogP contribution in [0.5, 0.6) is 0 Å². The van der Waals surface area contributed by atoms with Gasteiger partial charge in [-0.15, -0.1) is 0 Å². The quantitative estimate of drug-likeness (QED) is 0.633. The molecule has 0 aliphatic heterocycles. The van der Waals surface area contributed by atoms with Gasteiger partial charge in [0, 0.05) is 0 Å². The van der Waals surface area contributed by atoms with E-state index in [1.807, 2.05) is 0 Å².